The van der Waals surface area contributed by atoms with E-state index < -0.39 is 0 Å². The van der Waals surface area contributed by atoms with E-state index in [-0.39, 0.29) is 24.0 Å². The molecule has 0 aliphatic rings. The number of halogens is 3. The third-order valence-corrected chi connectivity index (χ3v) is 5.48. The lowest BCUT2D eigenvalue weighted by Gasteiger charge is -2.11. The average Bonchev–Trinajstić information content (AvgIpc) is 2.84. The molecule has 2 aromatic rings. The highest BCUT2D eigenvalue weighted by atomic mass is 127. The van der Waals surface area contributed by atoms with Crippen molar-refractivity contribution < 1.29 is 0 Å². The number of nitrogens with zero attached hydrogens (tertiary/aromatic N) is 2. The van der Waals surface area contributed by atoms with Crippen molar-refractivity contribution >= 4 is 68.8 Å². The minimum Gasteiger partial charge on any atom is -0.356 e. The molecule has 0 radical (unpaired) electrons. The van der Waals surface area contributed by atoms with Crippen molar-refractivity contribution in [3.8, 4) is 0 Å². The molecule has 0 fully saturated rings. The number of aliphatic imine (C=N–C) groups is 1. The SMILES string of the molecule is CN=C(NCCc1cc(Cl)ccc1Br)NCc1nc(C)c(C)s1.I. The molecule has 1 aromatic heterocycles. The van der Waals surface area contributed by atoms with E-state index >= 15 is 0 Å². The highest BCUT2D eigenvalue weighted by molar-refractivity contribution is 14.0. The Labute approximate surface area is 177 Å². The highest BCUT2D eigenvalue weighted by Crippen LogP contribution is 2.21. The van der Waals surface area contributed by atoms with Gasteiger partial charge in [0.05, 0.1) is 12.2 Å². The molecule has 0 aliphatic carbocycles. The third kappa shape index (κ3) is 6.50. The second kappa shape index (κ2) is 10.6. The van der Waals surface area contributed by atoms with Crippen LogP contribution in [-0.2, 0) is 13.0 Å². The predicted octanol–water partition coefficient (Wildman–Crippen LogP) is 4.70. The zero-order chi connectivity index (χ0) is 16.8. The summed E-state index contributed by atoms with van der Waals surface area (Å²) in [5.41, 5.74) is 2.27. The summed E-state index contributed by atoms with van der Waals surface area (Å²) >= 11 is 11.3. The van der Waals surface area contributed by atoms with Gasteiger partial charge in [-0.05, 0) is 44.0 Å². The van der Waals surface area contributed by atoms with Crippen molar-refractivity contribution in [1.82, 2.24) is 15.6 Å². The minimum absolute atomic E-state index is 0. The Morgan fingerprint density at radius 2 is 2.08 bits per heavy atom. The molecule has 0 bridgehead atoms. The third-order valence-electron chi connectivity index (χ3n) is 3.40. The summed E-state index contributed by atoms with van der Waals surface area (Å²) in [6.07, 6.45) is 0.858. The molecule has 132 valence electrons. The van der Waals surface area contributed by atoms with E-state index in [9.17, 15) is 0 Å². The molecular formula is C16H21BrClIN4S. The van der Waals surface area contributed by atoms with Crippen LogP contribution in [0.1, 0.15) is 21.1 Å². The Morgan fingerprint density at radius 3 is 2.71 bits per heavy atom. The minimum atomic E-state index is 0. The Kier molecular flexibility index (Phi) is 9.54. The van der Waals surface area contributed by atoms with Crippen molar-refractivity contribution in [2.45, 2.75) is 26.8 Å². The molecule has 0 atom stereocenters. The first-order chi connectivity index (χ1) is 11.0. The van der Waals surface area contributed by atoms with E-state index in [1.807, 2.05) is 25.1 Å². The normalized spacial score (nSPS) is 11.1. The number of hydrogen-bond acceptors (Lipinski definition) is 3. The molecule has 2 N–H and O–H groups in total. The molecule has 0 aliphatic heterocycles. The van der Waals surface area contributed by atoms with Crippen LogP contribution in [0.5, 0.6) is 0 Å². The molecule has 24 heavy (non-hydrogen) atoms. The fourth-order valence-electron chi connectivity index (χ4n) is 2.05. The summed E-state index contributed by atoms with van der Waals surface area (Å²) in [5.74, 6) is 0.772. The van der Waals surface area contributed by atoms with Gasteiger partial charge in [-0.2, -0.15) is 0 Å². The summed E-state index contributed by atoms with van der Waals surface area (Å²) < 4.78 is 1.07. The Morgan fingerprint density at radius 1 is 1.33 bits per heavy atom. The van der Waals surface area contributed by atoms with E-state index in [2.05, 4.69) is 43.5 Å². The van der Waals surface area contributed by atoms with Gasteiger partial charge in [-0.25, -0.2) is 4.98 Å². The molecule has 0 spiro atoms. The standard InChI is InChI=1S/C16H20BrClN4S.HI/c1-10-11(2)23-15(22-10)9-21-16(19-3)20-7-6-12-8-13(18)4-5-14(12)17;/h4-5,8H,6-7,9H2,1-3H3,(H2,19,20,21);1H. The van der Waals surface area contributed by atoms with Crippen LogP contribution in [0, 0.1) is 13.8 Å². The van der Waals surface area contributed by atoms with Crippen molar-refractivity contribution in [1.29, 1.82) is 0 Å². The molecule has 1 heterocycles. The molecule has 4 nitrogen and oxygen atoms in total. The molecular weight excluding hydrogens is 523 g/mol. The maximum absolute atomic E-state index is 6.03. The van der Waals surface area contributed by atoms with Crippen LogP contribution in [0.25, 0.3) is 0 Å². The summed E-state index contributed by atoms with van der Waals surface area (Å²) in [4.78, 5) is 10.0. The Bertz CT molecular complexity index is 686. The molecule has 0 amide bonds. The van der Waals surface area contributed by atoms with E-state index in [0.717, 1.165) is 39.1 Å². The number of guanidine groups is 1. The van der Waals surface area contributed by atoms with Crippen molar-refractivity contribution in [2.75, 3.05) is 13.6 Å². The fraction of sp³-hybridized carbons (Fsp3) is 0.375. The van der Waals surface area contributed by atoms with Crippen LogP contribution in [-0.4, -0.2) is 24.5 Å². The average molecular weight is 544 g/mol. The topological polar surface area (TPSA) is 49.3 Å². The molecule has 8 heteroatoms. The van der Waals surface area contributed by atoms with Crippen molar-refractivity contribution in [3.63, 3.8) is 0 Å². The van der Waals surface area contributed by atoms with Crippen LogP contribution in [0.2, 0.25) is 5.02 Å². The summed E-state index contributed by atoms with van der Waals surface area (Å²) in [5, 5.41) is 8.42. The maximum Gasteiger partial charge on any atom is 0.191 e. The predicted molar refractivity (Wildman–Crippen MR) is 118 cm³/mol. The summed E-state index contributed by atoms with van der Waals surface area (Å²) in [7, 11) is 1.77. The number of rotatable bonds is 5. The van der Waals surface area contributed by atoms with Gasteiger partial charge in [-0.1, -0.05) is 27.5 Å². The smallest absolute Gasteiger partial charge is 0.191 e. The number of aromatic nitrogens is 1. The quantitative estimate of drug-likeness (QED) is 0.327. The first-order valence-electron chi connectivity index (χ1n) is 7.31. The second-order valence-corrected chi connectivity index (χ2v) is 7.67. The van der Waals surface area contributed by atoms with Gasteiger partial charge in [0.15, 0.2) is 5.96 Å². The Hall–Kier alpha value is -0.380. The van der Waals surface area contributed by atoms with Gasteiger partial charge in [0.1, 0.15) is 5.01 Å². The van der Waals surface area contributed by atoms with Crippen LogP contribution < -0.4 is 10.6 Å². The molecule has 0 saturated carbocycles. The summed E-state index contributed by atoms with van der Waals surface area (Å²) in [6.45, 7) is 5.58. The van der Waals surface area contributed by atoms with Gasteiger partial charge >= 0.3 is 0 Å². The second-order valence-electron chi connectivity index (χ2n) is 5.09. The fourth-order valence-corrected chi connectivity index (χ4v) is 3.56. The van der Waals surface area contributed by atoms with Gasteiger partial charge < -0.3 is 10.6 Å². The number of aryl methyl sites for hydroxylation is 2. The number of hydrogen-bond donors (Lipinski definition) is 2. The Balaban J connectivity index is 0.00000288. The van der Waals surface area contributed by atoms with Crippen LogP contribution in [0.4, 0.5) is 0 Å². The molecule has 0 unspecified atom stereocenters. The monoisotopic (exact) mass is 542 g/mol. The molecule has 2 rings (SSSR count). The zero-order valence-corrected chi connectivity index (χ0v) is 19.3. The van der Waals surface area contributed by atoms with Gasteiger partial charge in [-0.15, -0.1) is 35.3 Å². The van der Waals surface area contributed by atoms with Gasteiger partial charge in [0, 0.05) is 28.0 Å². The van der Waals surface area contributed by atoms with Crippen molar-refractivity contribution in [3.05, 3.63) is 48.8 Å². The van der Waals surface area contributed by atoms with Crippen LogP contribution >= 0.6 is 62.8 Å². The van der Waals surface area contributed by atoms with Gasteiger partial charge in [-0.3, -0.25) is 4.99 Å². The van der Waals surface area contributed by atoms with E-state index in [0.29, 0.717) is 6.54 Å². The first kappa shape index (κ1) is 21.7. The first-order valence-corrected chi connectivity index (χ1v) is 9.29. The zero-order valence-electron chi connectivity index (χ0n) is 13.8. The van der Waals surface area contributed by atoms with Gasteiger partial charge in [0.2, 0.25) is 0 Å². The number of thiazole rings is 1. The van der Waals surface area contributed by atoms with Crippen molar-refractivity contribution in [2.24, 2.45) is 4.99 Å². The number of benzene rings is 1. The summed E-state index contributed by atoms with van der Waals surface area (Å²) in [6, 6.07) is 5.82. The largest absolute Gasteiger partial charge is 0.356 e. The van der Waals surface area contributed by atoms with E-state index in [1.54, 1.807) is 18.4 Å². The lowest BCUT2D eigenvalue weighted by molar-refractivity contribution is 0.789. The van der Waals surface area contributed by atoms with Crippen LogP contribution in [0.15, 0.2) is 27.7 Å². The van der Waals surface area contributed by atoms with E-state index in [4.69, 9.17) is 11.6 Å². The lowest BCUT2D eigenvalue weighted by atomic mass is 10.1. The highest BCUT2D eigenvalue weighted by Gasteiger charge is 2.05. The number of nitrogens with one attached hydrogen (secondary N) is 2. The van der Waals surface area contributed by atoms with Crippen LogP contribution in [0.3, 0.4) is 0 Å². The van der Waals surface area contributed by atoms with Gasteiger partial charge in [0.25, 0.3) is 0 Å². The maximum atomic E-state index is 6.03. The molecule has 0 saturated heterocycles. The van der Waals surface area contributed by atoms with E-state index in [1.165, 1.54) is 10.4 Å². The lowest BCUT2D eigenvalue weighted by Crippen LogP contribution is -2.37. The molecule has 1 aromatic carbocycles.